The Labute approximate surface area is 108 Å². The van der Waals surface area contributed by atoms with Gasteiger partial charge in [0, 0.05) is 11.6 Å². The van der Waals surface area contributed by atoms with Crippen LogP contribution in [0, 0.1) is 0 Å². The van der Waals surface area contributed by atoms with Crippen molar-refractivity contribution < 1.29 is 30.0 Å². The Morgan fingerprint density at radius 2 is 1.58 bits per heavy atom. The standard InChI is InChI=1S/C13H14O6/c14-9-6-10(15)8(5-7(9)11(16)17)13(12(18)19)3-1-2-4-13/h5-6,14-15H,1-4H2,(H,16,17)(H,18,19). The number of aliphatic carboxylic acids is 1. The molecule has 0 amide bonds. The molecule has 2 rings (SSSR count). The molecule has 0 heterocycles. The van der Waals surface area contributed by atoms with Crippen LogP contribution in [0.1, 0.15) is 41.6 Å². The van der Waals surface area contributed by atoms with Gasteiger partial charge in [0.15, 0.2) is 0 Å². The predicted molar refractivity (Wildman–Crippen MR) is 64.5 cm³/mol. The molecule has 0 bridgehead atoms. The molecule has 0 atom stereocenters. The lowest BCUT2D eigenvalue weighted by Gasteiger charge is -2.25. The van der Waals surface area contributed by atoms with Crippen LogP contribution in [0.15, 0.2) is 12.1 Å². The van der Waals surface area contributed by atoms with Crippen LogP contribution in [0.25, 0.3) is 0 Å². The summed E-state index contributed by atoms with van der Waals surface area (Å²) in [6.45, 7) is 0. The molecule has 1 aliphatic carbocycles. The second kappa shape index (κ2) is 4.46. The fourth-order valence-corrected chi connectivity index (χ4v) is 2.71. The molecule has 0 aromatic heterocycles. The highest BCUT2D eigenvalue weighted by Gasteiger charge is 2.45. The van der Waals surface area contributed by atoms with Gasteiger partial charge in [-0.3, -0.25) is 4.79 Å². The van der Waals surface area contributed by atoms with Crippen molar-refractivity contribution in [3.05, 3.63) is 23.3 Å². The average Bonchev–Trinajstić information content (AvgIpc) is 2.78. The Kier molecular flexibility index (Phi) is 3.09. The number of carboxylic acid groups (broad SMARTS) is 2. The molecular formula is C13H14O6. The molecule has 1 aromatic rings. The summed E-state index contributed by atoms with van der Waals surface area (Å²) in [5, 5.41) is 37.7. The van der Waals surface area contributed by atoms with Gasteiger partial charge < -0.3 is 20.4 Å². The van der Waals surface area contributed by atoms with Gasteiger partial charge in [-0.2, -0.15) is 0 Å². The SMILES string of the molecule is O=C(O)c1cc(C2(C(=O)O)CCCC2)c(O)cc1O. The molecule has 4 N–H and O–H groups in total. The summed E-state index contributed by atoms with van der Waals surface area (Å²) >= 11 is 0. The Bertz CT molecular complexity index is 542. The largest absolute Gasteiger partial charge is 0.507 e. The zero-order chi connectivity index (χ0) is 14.2. The highest BCUT2D eigenvalue weighted by Crippen LogP contribution is 2.46. The number of phenols is 2. The Morgan fingerprint density at radius 1 is 1.00 bits per heavy atom. The van der Waals surface area contributed by atoms with E-state index in [0.29, 0.717) is 25.7 Å². The highest BCUT2D eigenvalue weighted by atomic mass is 16.4. The van der Waals surface area contributed by atoms with Gasteiger partial charge in [-0.15, -0.1) is 0 Å². The minimum absolute atomic E-state index is 0.0627. The van der Waals surface area contributed by atoms with Crippen molar-refractivity contribution in [2.24, 2.45) is 0 Å². The first kappa shape index (κ1) is 13.2. The number of carboxylic acids is 2. The minimum atomic E-state index is -1.36. The van der Waals surface area contributed by atoms with Crippen molar-refractivity contribution in [2.45, 2.75) is 31.1 Å². The maximum Gasteiger partial charge on any atom is 0.339 e. The van der Waals surface area contributed by atoms with E-state index in [2.05, 4.69) is 0 Å². The van der Waals surface area contributed by atoms with Crippen molar-refractivity contribution in [1.29, 1.82) is 0 Å². The van der Waals surface area contributed by atoms with E-state index in [1.165, 1.54) is 0 Å². The lowest BCUT2D eigenvalue weighted by atomic mass is 9.77. The van der Waals surface area contributed by atoms with Crippen molar-refractivity contribution >= 4 is 11.9 Å². The number of carbonyl (C=O) groups is 2. The smallest absolute Gasteiger partial charge is 0.339 e. The minimum Gasteiger partial charge on any atom is -0.507 e. The molecule has 6 heteroatoms. The maximum atomic E-state index is 11.5. The fraction of sp³-hybridized carbons (Fsp3) is 0.385. The van der Waals surface area contributed by atoms with Crippen molar-refractivity contribution in [2.75, 3.05) is 0 Å². The fourth-order valence-electron chi connectivity index (χ4n) is 2.71. The summed E-state index contributed by atoms with van der Waals surface area (Å²) in [7, 11) is 0. The molecule has 0 radical (unpaired) electrons. The third-order valence-corrected chi connectivity index (χ3v) is 3.73. The van der Waals surface area contributed by atoms with Crippen molar-refractivity contribution in [3.63, 3.8) is 0 Å². The summed E-state index contributed by atoms with van der Waals surface area (Å²) in [5.41, 5.74) is -1.60. The number of aromatic hydroxyl groups is 2. The predicted octanol–water partition coefficient (Wildman–Crippen LogP) is 1.69. The monoisotopic (exact) mass is 266 g/mol. The Balaban J connectivity index is 2.64. The quantitative estimate of drug-likeness (QED) is 0.661. The van der Waals surface area contributed by atoms with Gasteiger partial charge >= 0.3 is 11.9 Å². The Hall–Kier alpha value is -2.24. The molecule has 1 fully saturated rings. The van der Waals surface area contributed by atoms with E-state index in [9.17, 15) is 24.9 Å². The van der Waals surface area contributed by atoms with Crippen molar-refractivity contribution in [1.82, 2.24) is 0 Å². The molecular weight excluding hydrogens is 252 g/mol. The lowest BCUT2D eigenvalue weighted by Crippen LogP contribution is -2.32. The van der Waals surface area contributed by atoms with Crippen LogP contribution < -0.4 is 0 Å². The van der Waals surface area contributed by atoms with Crippen LogP contribution in [0.4, 0.5) is 0 Å². The molecule has 1 aliphatic rings. The lowest BCUT2D eigenvalue weighted by molar-refractivity contribution is -0.143. The summed E-state index contributed by atoms with van der Waals surface area (Å²) in [6.07, 6.45) is 2.10. The first-order valence-electron chi connectivity index (χ1n) is 5.91. The van der Waals surface area contributed by atoms with Crippen LogP contribution in [-0.4, -0.2) is 32.4 Å². The summed E-state index contributed by atoms with van der Waals surface area (Å²) in [4.78, 5) is 22.5. The van der Waals surface area contributed by atoms with Crippen LogP contribution in [-0.2, 0) is 10.2 Å². The molecule has 0 aliphatic heterocycles. The molecule has 1 aromatic carbocycles. The molecule has 1 saturated carbocycles. The first-order chi connectivity index (χ1) is 8.88. The first-order valence-corrected chi connectivity index (χ1v) is 5.91. The van der Waals surface area contributed by atoms with Crippen molar-refractivity contribution in [3.8, 4) is 11.5 Å². The van der Waals surface area contributed by atoms with E-state index in [1.807, 2.05) is 0 Å². The van der Waals surface area contributed by atoms with Gasteiger partial charge in [0.2, 0.25) is 0 Å². The van der Waals surface area contributed by atoms with Crippen LogP contribution in [0.5, 0.6) is 11.5 Å². The number of benzene rings is 1. The molecule has 0 saturated heterocycles. The summed E-state index contributed by atoms with van der Waals surface area (Å²) in [5.74, 6) is -3.40. The summed E-state index contributed by atoms with van der Waals surface area (Å²) < 4.78 is 0. The van der Waals surface area contributed by atoms with E-state index in [0.717, 1.165) is 12.1 Å². The zero-order valence-corrected chi connectivity index (χ0v) is 10.1. The van der Waals surface area contributed by atoms with E-state index in [-0.39, 0.29) is 11.3 Å². The number of rotatable bonds is 3. The zero-order valence-electron chi connectivity index (χ0n) is 10.1. The third-order valence-electron chi connectivity index (χ3n) is 3.73. The number of hydrogen-bond acceptors (Lipinski definition) is 4. The molecule has 102 valence electrons. The topological polar surface area (TPSA) is 115 Å². The van der Waals surface area contributed by atoms with E-state index in [1.54, 1.807) is 0 Å². The second-order valence-corrected chi connectivity index (χ2v) is 4.79. The van der Waals surface area contributed by atoms with E-state index >= 15 is 0 Å². The van der Waals surface area contributed by atoms with Crippen LogP contribution >= 0.6 is 0 Å². The van der Waals surface area contributed by atoms with Gasteiger partial charge in [-0.1, -0.05) is 12.8 Å². The number of phenolic OH excluding ortho intramolecular Hbond substituents is 1. The summed E-state index contributed by atoms with van der Waals surface area (Å²) in [6, 6.07) is 1.95. The molecule has 6 nitrogen and oxygen atoms in total. The van der Waals surface area contributed by atoms with Gasteiger partial charge in [0.1, 0.15) is 17.1 Å². The highest BCUT2D eigenvalue weighted by molar-refractivity contribution is 5.93. The van der Waals surface area contributed by atoms with Crippen LogP contribution in [0.3, 0.4) is 0 Å². The second-order valence-electron chi connectivity index (χ2n) is 4.79. The van der Waals surface area contributed by atoms with Gasteiger partial charge in [0.25, 0.3) is 0 Å². The normalized spacial score (nSPS) is 17.3. The number of aromatic carboxylic acids is 1. The van der Waals surface area contributed by atoms with Gasteiger partial charge in [-0.25, -0.2) is 4.79 Å². The molecule has 19 heavy (non-hydrogen) atoms. The average molecular weight is 266 g/mol. The maximum absolute atomic E-state index is 11.5. The van der Waals surface area contributed by atoms with Gasteiger partial charge in [-0.05, 0) is 18.9 Å². The number of hydrogen-bond donors (Lipinski definition) is 4. The van der Waals surface area contributed by atoms with Gasteiger partial charge in [0.05, 0.1) is 5.41 Å². The van der Waals surface area contributed by atoms with Crippen LogP contribution in [0.2, 0.25) is 0 Å². The Morgan fingerprint density at radius 3 is 2.05 bits per heavy atom. The van der Waals surface area contributed by atoms with E-state index < -0.39 is 28.7 Å². The third kappa shape index (κ3) is 1.99. The molecule has 0 spiro atoms. The van der Waals surface area contributed by atoms with E-state index in [4.69, 9.17) is 5.11 Å². The molecule has 0 unspecified atom stereocenters.